The summed E-state index contributed by atoms with van der Waals surface area (Å²) in [6, 6.07) is 0. The maximum absolute atomic E-state index is 10.4. The van der Waals surface area contributed by atoms with Crippen molar-refractivity contribution in [2.24, 2.45) is 15.4 Å². The van der Waals surface area contributed by atoms with E-state index in [-0.39, 0.29) is 0 Å². The Kier molecular flexibility index (Phi) is 3.68. The quantitative estimate of drug-likeness (QED) is 0.105. The predicted molar refractivity (Wildman–Crippen MR) is 32.5 cm³/mol. The van der Waals surface area contributed by atoms with E-state index in [1.807, 2.05) is 0 Å². The van der Waals surface area contributed by atoms with Crippen molar-refractivity contribution in [1.82, 2.24) is 0 Å². The molecule has 0 rings (SSSR count). The number of hydrogen-bond acceptors (Lipinski definition) is 3. The van der Waals surface area contributed by atoms with Gasteiger partial charge in [-0.25, -0.2) is 0 Å². The van der Waals surface area contributed by atoms with E-state index in [4.69, 9.17) is 16.3 Å². The molecule has 0 radical (unpaired) electrons. The number of amidine groups is 1. The summed E-state index contributed by atoms with van der Waals surface area (Å²) in [7, 11) is 0. The molecule has 9 nitrogen and oxygen atoms in total. The summed E-state index contributed by atoms with van der Waals surface area (Å²) in [6.45, 7) is 0. The molecule has 0 aliphatic heterocycles. The van der Waals surface area contributed by atoms with Gasteiger partial charge in [0.2, 0.25) is 5.84 Å². The molecule has 0 unspecified atom stereocenters. The maximum Gasteiger partial charge on any atom is 0.273 e. The predicted octanol–water partition coefficient (Wildman–Crippen LogP) is 0.921. The van der Waals surface area contributed by atoms with Crippen LogP contribution in [-0.2, 0) is 4.79 Å². The van der Waals surface area contributed by atoms with Crippen LogP contribution >= 0.6 is 0 Å². The molecule has 0 aliphatic carbocycles. The fraction of sp³-hybridized carbons (Fsp3) is 0. The summed E-state index contributed by atoms with van der Waals surface area (Å²) in [6.07, 6.45) is 0. The van der Waals surface area contributed by atoms with Crippen LogP contribution in [0.2, 0.25) is 0 Å². The normalized spacial score (nSPS) is 9.27. The third-order valence-corrected chi connectivity index (χ3v) is 0.561. The number of nitrogens with zero attached hydrogens (tertiary/aromatic N) is 7. The van der Waals surface area contributed by atoms with Gasteiger partial charge >= 0.3 is 0 Å². The van der Waals surface area contributed by atoms with Crippen LogP contribution in [0, 0.1) is 0 Å². The van der Waals surface area contributed by atoms with Crippen molar-refractivity contribution >= 4 is 11.7 Å². The van der Waals surface area contributed by atoms with Crippen LogP contribution in [0.3, 0.4) is 0 Å². The summed E-state index contributed by atoms with van der Waals surface area (Å²) in [4.78, 5) is 14.6. The number of azide groups is 2. The van der Waals surface area contributed by atoms with Crippen molar-refractivity contribution in [2.45, 2.75) is 0 Å². The van der Waals surface area contributed by atoms with Crippen LogP contribution in [0.4, 0.5) is 0 Å². The Bertz CT molecular complexity index is 279. The summed E-state index contributed by atoms with van der Waals surface area (Å²) in [5.41, 5.74) is 15.5. The first-order chi connectivity index (χ1) is 5.26. The van der Waals surface area contributed by atoms with Crippen LogP contribution < -0.4 is 0 Å². The molecule has 0 saturated heterocycles. The SMILES string of the molecule is [N-]=[N+]=NC(=O)C(N=[N+]=[N-])=NO. The van der Waals surface area contributed by atoms with Gasteiger partial charge in [0.1, 0.15) is 0 Å². The van der Waals surface area contributed by atoms with Crippen molar-refractivity contribution in [2.75, 3.05) is 0 Å². The van der Waals surface area contributed by atoms with Crippen molar-refractivity contribution in [3.8, 4) is 0 Å². The van der Waals surface area contributed by atoms with Crippen molar-refractivity contribution in [1.29, 1.82) is 0 Å². The fourth-order valence-corrected chi connectivity index (χ4v) is 0.233. The maximum atomic E-state index is 10.4. The lowest BCUT2D eigenvalue weighted by Crippen LogP contribution is -2.06. The van der Waals surface area contributed by atoms with E-state index in [2.05, 4.69) is 25.2 Å². The van der Waals surface area contributed by atoms with Gasteiger partial charge in [0, 0.05) is 9.82 Å². The molecule has 0 saturated carbocycles. The number of oxime groups is 1. The van der Waals surface area contributed by atoms with E-state index >= 15 is 0 Å². The monoisotopic (exact) mass is 155 g/mol. The number of carbonyl (C=O) groups is 1. The molecular formula is C2HN7O2. The first-order valence-corrected chi connectivity index (χ1v) is 2.12. The minimum Gasteiger partial charge on any atom is -0.410 e. The Hall–Kier alpha value is -2.24. The second-order valence-electron chi connectivity index (χ2n) is 1.11. The molecule has 0 spiro atoms. The van der Waals surface area contributed by atoms with E-state index < -0.39 is 11.7 Å². The number of hydrogen-bond donors (Lipinski definition) is 1. The fourth-order valence-electron chi connectivity index (χ4n) is 0.233. The van der Waals surface area contributed by atoms with Gasteiger partial charge in [-0.15, -0.1) is 0 Å². The molecule has 9 heteroatoms. The molecule has 0 heterocycles. The summed E-state index contributed by atoms with van der Waals surface area (Å²) >= 11 is 0. The number of amides is 1. The molecule has 0 aromatic carbocycles. The first-order valence-electron chi connectivity index (χ1n) is 2.12. The second kappa shape index (κ2) is 4.62. The van der Waals surface area contributed by atoms with Crippen LogP contribution in [0.5, 0.6) is 0 Å². The minimum absolute atomic E-state index is 0.898. The highest BCUT2D eigenvalue weighted by molar-refractivity contribution is 6.38. The molecule has 0 aromatic rings. The van der Waals surface area contributed by atoms with Crippen LogP contribution in [0.1, 0.15) is 0 Å². The van der Waals surface area contributed by atoms with Gasteiger partial charge in [-0.05, 0) is 21.3 Å². The van der Waals surface area contributed by atoms with Gasteiger partial charge in [0.05, 0.1) is 0 Å². The Morgan fingerprint density at radius 1 is 1.27 bits per heavy atom. The largest absolute Gasteiger partial charge is 0.410 e. The standard InChI is InChI=1S/C2HN7O2/c3-8-5-1(7-11)2(10)6-9-4/h11H. The van der Waals surface area contributed by atoms with E-state index in [0.717, 1.165) is 0 Å². The Morgan fingerprint density at radius 2 is 1.82 bits per heavy atom. The van der Waals surface area contributed by atoms with E-state index in [9.17, 15) is 4.79 Å². The lowest BCUT2D eigenvalue weighted by Gasteiger charge is -1.83. The van der Waals surface area contributed by atoms with Crippen molar-refractivity contribution in [3.63, 3.8) is 0 Å². The van der Waals surface area contributed by atoms with Crippen molar-refractivity contribution in [3.05, 3.63) is 20.9 Å². The third-order valence-electron chi connectivity index (χ3n) is 0.561. The lowest BCUT2D eigenvalue weighted by molar-refractivity contribution is -0.112. The molecule has 0 atom stereocenters. The van der Waals surface area contributed by atoms with Gasteiger partial charge < -0.3 is 5.21 Å². The third kappa shape index (κ3) is 2.70. The first kappa shape index (κ1) is 8.76. The number of carbonyl (C=O) groups excluding carboxylic acids is 1. The highest BCUT2D eigenvalue weighted by Gasteiger charge is 2.06. The zero-order chi connectivity index (χ0) is 8.69. The molecule has 11 heavy (non-hydrogen) atoms. The zero-order valence-corrected chi connectivity index (χ0v) is 4.99. The van der Waals surface area contributed by atoms with Gasteiger partial charge in [0.25, 0.3) is 5.91 Å². The topological polar surface area (TPSA) is 147 Å². The smallest absolute Gasteiger partial charge is 0.273 e. The molecule has 0 aromatic heterocycles. The molecule has 0 aliphatic rings. The summed E-state index contributed by atoms with van der Waals surface area (Å²) < 4.78 is 0. The van der Waals surface area contributed by atoms with Crippen molar-refractivity contribution < 1.29 is 10.0 Å². The van der Waals surface area contributed by atoms with Gasteiger partial charge in [-0.1, -0.05) is 5.16 Å². The highest BCUT2D eigenvalue weighted by atomic mass is 16.4. The Balaban J connectivity index is 4.67. The van der Waals surface area contributed by atoms with Crippen LogP contribution in [0.25, 0.3) is 20.9 Å². The van der Waals surface area contributed by atoms with E-state index in [0.29, 0.717) is 0 Å². The van der Waals surface area contributed by atoms with E-state index in [1.165, 1.54) is 0 Å². The van der Waals surface area contributed by atoms with Crippen LogP contribution in [-0.4, -0.2) is 17.0 Å². The Morgan fingerprint density at radius 3 is 2.18 bits per heavy atom. The minimum atomic E-state index is -1.24. The zero-order valence-electron chi connectivity index (χ0n) is 4.99. The second-order valence-corrected chi connectivity index (χ2v) is 1.11. The number of rotatable bonds is 0. The molecule has 1 N–H and O–H groups in total. The average Bonchev–Trinajstić information content (AvgIpc) is 2.00. The average molecular weight is 155 g/mol. The Labute approximate surface area is 59.2 Å². The van der Waals surface area contributed by atoms with E-state index in [1.54, 1.807) is 0 Å². The lowest BCUT2D eigenvalue weighted by atomic mass is 10.6. The molecule has 0 bridgehead atoms. The summed E-state index contributed by atoms with van der Waals surface area (Å²) in [5, 5.41) is 15.4. The highest BCUT2D eigenvalue weighted by Crippen LogP contribution is 1.86. The molecular weight excluding hydrogens is 154 g/mol. The molecule has 56 valence electrons. The molecule has 1 amide bonds. The summed E-state index contributed by atoms with van der Waals surface area (Å²) in [5.74, 6) is -2.14. The van der Waals surface area contributed by atoms with Gasteiger partial charge in [-0.2, -0.15) is 0 Å². The van der Waals surface area contributed by atoms with Crippen LogP contribution in [0.15, 0.2) is 15.4 Å². The van der Waals surface area contributed by atoms with Gasteiger partial charge in [-0.3, -0.25) is 4.79 Å². The van der Waals surface area contributed by atoms with Gasteiger partial charge in [0.15, 0.2) is 0 Å². The molecule has 0 fully saturated rings.